The van der Waals surface area contributed by atoms with Crippen molar-refractivity contribution in [2.24, 2.45) is 0 Å². The van der Waals surface area contributed by atoms with E-state index in [1.807, 2.05) is 24.3 Å². The maximum atomic E-state index is 12.5. The summed E-state index contributed by atoms with van der Waals surface area (Å²) in [7, 11) is 0. The van der Waals surface area contributed by atoms with E-state index in [0.717, 1.165) is 18.8 Å². The molecule has 31 heavy (non-hydrogen) atoms. The Morgan fingerprint density at radius 2 is 1.90 bits per heavy atom. The van der Waals surface area contributed by atoms with E-state index < -0.39 is 10.7 Å². The van der Waals surface area contributed by atoms with Gasteiger partial charge in [-0.25, -0.2) is 0 Å². The van der Waals surface area contributed by atoms with Crippen LogP contribution in [0.5, 0.6) is 0 Å². The standard InChI is InChI=1S/C22H21ClN4O4/c23-20-15-26(24-22(20)27(29)30)14-19-9-8-18(31-19)10-11-21(28)16-4-6-17(7-5-16)25-12-2-1-3-13-25/h4-11,15H,1-3,12-14H2/b11-10+. The number of hydrogen-bond donors (Lipinski definition) is 0. The van der Waals surface area contributed by atoms with Gasteiger partial charge >= 0.3 is 5.82 Å². The third-order valence-corrected chi connectivity index (χ3v) is 5.41. The first-order valence-electron chi connectivity index (χ1n) is 10.0. The zero-order chi connectivity index (χ0) is 21.8. The van der Waals surface area contributed by atoms with Crippen molar-refractivity contribution in [1.29, 1.82) is 0 Å². The van der Waals surface area contributed by atoms with E-state index in [1.165, 1.54) is 36.2 Å². The van der Waals surface area contributed by atoms with Crippen LogP contribution in [-0.4, -0.2) is 33.6 Å². The number of benzene rings is 1. The van der Waals surface area contributed by atoms with Crippen LogP contribution in [0.1, 0.15) is 41.1 Å². The summed E-state index contributed by atoms with van der Waals surface area (Å²) < 4.78 is 7.00. The number of nitro groups is 1. The van der Waals surface area contributed by atoms with Crippen molar-refractivity contribution in [1.82, 2.24) is 9.78 Å². The van der Waals surface area contributed by atoms with Crippen molar-refractivity contribution >= 4 is 35.0 Å². The van der Waals surface area contributed by atoms with Crippen LogP contribution in [0.2, 0.25) is 5.02 Å². The Labute approximate surface area is 183 Å². The van der Waals surface area contributed by atoms with Crippen molar-refractivity contribution in [2.45, 2.75) is 25.8 Å². The highest BCUT2D eigenvalue weighted by atomic mass is 35.5. The van der Waals surface area contributed by atoms with Crippen LogP contribution in [0.15, 0.2) is 53.1 Å². The third kappa shape index (κ3) is 5.03. The summed E-state index contributed by atoms with van der Waals surface area (Å²) in [4.78, 5) is 25.0. The van der Waals surface area contributed by atoms with Gasteiger partial charge in [0.15, 0.2) is 10.8 Å². The molecule has 9 heteroatoms. The topological polar surface area (TPSA) is 94.4 Å². The zero-order valence-corrected chi connectivity index (χ0v) is 17.5. The van der Waals surface area contributed by atoms with Gasteiger partial charge in [0.05, 0.1) is 11.3 Å². The molecule has 0 bridgehead atoms. The quantitative estimate of drug-likeness (QED) is 0.223. The minimum Gasteiger partial charge on any atom is -0.460 e. The van der Waals surface area contributed by atoms with Crippen LogP contribution in [0.3, 0.4) is 0 Å². The van der Waals surface area contributed by atoms with Gasteiger partial charge in [0.2, 0.25) is 0 Å². The molecule has 4 rings (SSSR count). The Balaban J connectivity index is 1.37. The van der Waals surface area contributed by atoms with Crippen molar-refractivity contribution < 1.29 is 14.1 Å². The summed E-state index contributed by atoms with van der Waals surface area (Å²) in [6, 6.07) is 11.1. The first kappa shape index (κ1) is 20.9. The largest absolute Gasteiger partial charge is 0.460 e. The van der Waals surface area contributed by atoms with Crippen LogP contribution < -0.4 is 4.90 Å². The first-order valence-corrected chi connectivity index (χ1v) is 10.4. The first-order chi connectivity index (χ1) is 15.0. The summed E-state index contributed by atoms with van der Waals surface area (Å²) in [6.45, 7) is 2.31. The lowest BCUT2D eigenvalue weighted by Crippen LogP contribution is -2.29. The number of carbonyl (C=O) groups is 1. The molecule has 0 spiro atoms. The predicted molar refractivity (Wildman–Crippen MR) is 118 cm³/mol. The molecule has 0 aliphatic carbocycles. The van der Waals surface area contributed by atoms with Crippen LogP contribution in [-0.2, 0) is 6.54 Å². The molecule has 2 aromatic heterocycles. The molecule has 0 N–H and O–H groups in total. The van der Waals surface area contributed by atoms with E-state index in [4.69, 9.17) is 16.0 Å². The Morgan fingerprint density at radius 1 is 1.16 bits per heavy atom. The molecule has 160 valence electrons. The van der Waals surface area contributed by atoms with E-state index in [2.05, 4.69) is 10.00 Å². The molecule has 1 aliphatic rings. The van der Waals surface area contributed by atoms with Gasteiger partial charge < -0.3 is 19.4 Å². The number of ketones is 1. The minimum absolute atomic E-state index is 0.0337. The van der Waals surface area contributed by atoms with Crippen LogP contribution in [0, 0.1) is 10.1 Å². The van der Waals surface area contributed by atoms with Gasteiger partial charge in [0.25, 0.3) is 0 Å². The van der Waals surface area contributed by atoms with Crippen LogP contribution in [0.4, 0.5) is 11.5 Å². The normalized spacial score (nSPS) is 14.3. The zero-order valence-electron chi connectivity index (χ0n) is 16.7. The molecular weight excluding hydrogens is 420 g/mol. The Morgan fingerprint density at radius 3 is 2.58 bits per heavy atom. The fourth-order valence-corrected chi connectivity index (χ4v) is 3.78. The maximum Gasteiger partial charge on any atom is 0.408 e. The number of anilines is 1. The van der Waals surface area contributed by atoms with Crippen molar-refractivity contribution in [3.8, 4) is 0 Å². The number of halogens is 1. The Bertz CT molecular complexity index is 1110. The highest BCUT2D eigenvalue weighted by Gasteiger charge is 2.19. The van der Waals surface area contributed by atoms with E-state index >= 15 is 0 Å². The number of allylic oxidation sites excluding steroid dienone is 1. The van der Waals surface area contributed by atoms with Crippen LogP contribution >= 0.6 is 11.6 Å². The number of furan rings is 1. The second-order valence-electron chi connectivity index (χ2n) is 7.35. The average molecular weight is 441 g/mol. The number of rotatable bonds is 7. The number of piperidine rings is 1. The molecule has 3 aromatic rings. The van der Waals surface area contributed by atoms with Gasteiger partial charge in [-0.1, -0.05) is 11.6 Å². The fraction of sp³-hybridized carbons (Fsp3) is 0.273. The second kappa shape index (κ2) is 9.18. The molecule has 3 heterocycles. The predicted octanol–water partition coefficient (Wildman–Crippen LogP) is 4.97. The Kier molecular flexibility index (Phi) is 6.18. The second-order valence-corrected chi connectivity index (χ2v) is 7.76. The molecule has 0 saturated carbocycles. The van der Waals surface area contributed by atoms with Crippen LogP contribution in [0.25, 0.3) is 6.08 Å². The molecule has 1 fully saturated rings. The average Bonchev–Trinajstić information content (AvgIpc) is 3.39. The monoisotopic (exact) mass is 440 g/mol. The van der Waals surface area contributed by atoms with E-state index in [-0.39, 0.29) is 17.4 Å². The number of aromatic nitrogens is 2. The molecule has 0 radical (unpaired) electrons. The van der Waals surface area contributed by atoms with Gasteiger partial charge in [-0.2, -0.15) is 4.68 Å². The van der Waals surface area contributed by atoms with Crippen molar-refractivity contribution in [2.75, 3.05) is 18.0 Å². The van der Waals surface area contributed by atoms with Gasteiger partial charge in [-0.3, -0.25) is 4.79 Å². The molecule has 0 amide bonds. The molecule has 1 aromatic carbocycles. The van der Waals surface area contributed by atoms with E-state index in [9.17, 15) is 14.9 Å². The number of hydrogen-bond acceptors (Lipinski definition) is 6. The van der Waals surface area contributed by atoms with Gasteiger partial charge in [0, 0.05) is 24.3 Å². The SMILES string of the molecule is O=C(/C=C/c1ccc(Cn2cc(Cl)c([N+](=O)[O-])n2)o1)c1ccc(N2CCCCC2)cc1. The maximum absolute atomic E-state index is 12.5. The van der Waals surface area contributed by atoms with Gasteiger partial charge in [0.1, 0.15) is 18.1 Å². The molecule has 0 atom stereocenters. The summed E-state index contributed by atoms with van der Waals surface area (Å²) in [5.41, 5.74) is 1.76. The van der Waals surface area contributed by atoms with Crippen molar-refractivity contribution in [3.63, 3.8) is 0 Å². The number of carbonyl (C=O) groups excluding carboxylic acids is 1. The van der Waals surface area contributed by atoms with E-state index in [1.54, 1.807) is 18.2 Å². The highest BCUT2D eigenvalue weighted by molar-refractivity contribution is 6.32. The molecule has 0 unspecified atom stereocenters. The third-order valence-electron chi connectivity index (χ3n) is 5.14. The smallest absolute Gasteiger partial charge is 0.408 e. The Hall–Kier alpha value is -3.39. The number of nitrogens with zero attached hydrogens (tertiary/aromatic N) is 4. The molecular formula is C22H21ClN4O4. The van der Waals surface area contributed by atoms with Gasteiger partial charge in [-0.15, -0.1) is 0 Å². The summed E-state index contributed by atoms with van der Waals surface area (Å²) in [6.07, 6.45) is 8.13. The molecule has 8 nitrogen and oxygen atoms in total. The van der Waals surface area contributed by atoms with Gasteiger partial charge in [-0.05, 0) is 72.7 Å². The lowest BCUT2D eigenvalue weighted by Gasteiger charge is -2.28. The highest BCUT2D eigenvalue weighted by Crippen LogP contribution is 2.23. The summed E-state index contributed by atoms with van der Waals surface area (Å²) >= 11 is 5.80. The lowest BCUT2D eigenvalue weighted by molar-refractivity contribution is -0.389. The molecule has 1 aliphatic heterocycles. The van der Waals surface area contributed by atoms with Crippen molar-refractivity contribution in [3.05, 3.63) is 80.9 Å². The van der Waals surface area contributed by atoms with E-state index in [0.29, 0.717) is 17.1 Å². The summed E-state index contributed by atoms with van der Waals surface area (Å²) in [5.74, 6) is 0.524. The molecule has 1 saturated heterocycles. The summed E-state index contributed by atoms with van der Waals surface area (Å²) in [5, 5.41) is 14.6. The fourth-order valence-electron chi connectivity index (χ4n) is 3.56. The minimum atomic E-state index is -0.639. The lowest BCUT2D eigenvalue weighted by atomic mass is 10.1.